The Morgan fingerprint density at radius 1 is 1.31 bits per heavy atom. The van der Waals surface area contributed by atoms with Gasteiger partial charge in [0.25, 0.3) is 0 Å². The van der Waals surface area contributed by atoms with E-state index in [2.05, 4.69) is 4.98 Å². The number of aromatic nitrogens is 1. The molecule has 1 atom stereocenters. The highest BCUT2D eigenvalue weighted by molar-refractivity contribution is 6.18. The van der Waals surface area contributed by atoms with Crippen LogP contribution in [-0.2, 0) is 0 Å². The minimum absolute atomic E-state index is 0. The van der Waals surface area contributed by atoms with Gasteiger partial charge in [0.05, 0.1) is 12.0 Å². The number of nitrogens with zero attached hydrogens (tertiary/aromatic N) is 1. The van der Waals surface area contributed by atoms with Crippen LogP contribution in [-0.4, -0.2) is 28.7 Å². The highest BCUT2D eigenvalue weighted by Crippen LogP contribution is 1.85. The van der Waals surface area contributed by atoms with Crippen LogP contribution >= 0.6 is 11.6 Å². The average molecular weight is 212 g/mol. The second kappa shape index (κ2) is 11.3. The fraction of sp³-hybridized carbons (Fsp3) is 0.375. The topological polar surface area (TPSA) is 33.1 Å². The fourth-order valence-corrected chi connectivity index (χ4v) is 0.436. The Kier molecular flexibility index (Phi) is 12.8. The molecular formula is C8H12ClF2NO. The molecule has 76 valence electrons. The van der Waals surface area contributed by atoms with E-state index in [0.717, 1.165) is 0 Å². The normalized spacial score (nSPS) is 10.4. The van der Waals surface area contributed by atoms with Crippen LogP contribution in [0.1, 0.15) is 0 Å². The van der Waals surface area contributed by atoms with Gasteiger partial charge in [-0.2, -0.15) is 0 Å². The van der Waals surface area contributed by atoms with Crippen molar-refractivity contribution < 1.29 is 14.2 Å². The fourth-order valence-electron chi connectivity index (χ4n) is 0.354. The van der Waals surface area contributed by atoms with E-state index in [1.54, 1.807) is 12.4 Å². The van der Waals surface area contributed by atoms with Gasteiger partial charge >= 0.3 is 0 Å². The zero-order chi connectivity index (χ0) is 9.23. The van der Waals surface area contributed by atoms with Gasteiger partial charge in [0.2, 0.25) is 0 Å². The van der Waals surface area contributed by atoms with Gasteiger partial charge < -0.3 is 5.11 Å². The molecular weight excluding hydrogens is 200 g/mol. The summed E-state index contributed by atoms with van der Waals surface area (Å²) < 4.78 is 11.1. The zero-order valence-corrected chi connectivity index (χ0v) is 7.69. The number of pyridine rings is 1. The minimum atomic E-state index is -0.966. The van der Waals surface area contributed by atoms with Crippen molar-refractivity contribution in [3.63, 3.8) is 0 Å². The molecule has 0 unspecified atom stereocenters. The summed E-state index contributed by atoms with van der Waals surface area (Å²) in [4.78, 5) is 3.78. The number of alkyl halides is 2. The minimum Gasteiger partial charge on any atom is -0.389 e. The Morgan fingerprint density at radius 2 is 1.85 bits per heavy atom. The summed E-state index contributed by atoms with van der Waals surface area (Å²) in [5.41, 5.74) is 0. The molecule has 2 nitrogen and oxygen atoms in total. The summed E-state index contributed by atoms with van der Waals surface area (Å²) in [6.45, 7) is -0.747. The molecule has 1 N–H and O–H groups in total. The van der Waals surface area contributed by atoms with Gasteiger partial charge in [-0.25, -0.2) is 4.39 Å². The van der Waals surface area contributed by atoms with Crippen LogP contribution in [0.15, 0.2) is 30.6 Å². The molecule has 0 fully saturated rings. The van der Waals surface area contributed by atoms with E-state index in [1.165, 1.54) is 0 Å². The van der Waals surface area contributed by atoms with Crippen molar-refractivity contribution in [1.82, 2.24) is 4.98 Å². The molecule has 1 aromatic rings. The molecule has 13 heavy (non-hydrogen) atoms. The number of hydrogen-bond acceptors (Lipinski definition) is 2. The molecule has 1 rings (SSSR count). The van der Waals surface area contributed by atoms with E-state index >= 15 is 0 Å². The number of aliphatic hydroxyl groups is 1. The lowest BCUT2D eigenvalue weighted by Crippen LogP contribution is -2.09. The lowest BCUT2D eigenvalue weighted by Gasteiger charge is -1.93. The van der Waals surface area contributed by atoms with E-state index in [1.807, 2.05) is 18.2 Å². The van der Waals surface area contributed by atoms with Gasteiger partial charge in [-0.15, -0.1) is 11.6 Å². The van der Waals surface area contributed by atoms with Crippen molar-refractivity contribution in [2.75, 3.05) is 12.6 Å². The molecule has 1 aromatic heterocycles. The third-order valence-corrected chi connectivity index (χ3v) is 1.28. The SMILES string of the molecule is F.O[C@H](CF)CCl.c1ccncc1. The highest BCUT2D eigenvalue weighted by atomic mass is 35.5. The first-order valence-electron chi connectivity index (χ1n) is 3.46. The molecule has 0 saturated carbocycles. The van der Waals surface area contributed by atoms with Crippen LogP contribution in [0.4, 0.5) is 9.09 Å². The molecule has 0 aliphatic heterocycles. The second-order valence-electron chi connectivity index (χ2n) is 1.99. The molecule has 5 heteroatoms. The van der Waals surface area contributed by atoms with Crippen molar-refractivity contribution >= 4 is 11.6 Å². The molecule has 1 heterocycles. The van der Waals surface area contributed by atoms with Gasteiger partial charge in [-0.05, 0) is 12.1 Å². The van der Waals surface area contributed by atoms with E-state index in [4.69, 9.17) is 16.7 Å². The Bertz CT molecular complexity index is 146. The van der Waals surface area contributed by atoms with Crippen molar-refractivity contribution in [3.05, 3.63) is 30.6 Å². The van der Waals surface area contributed by atoms with Gasteiger partial charge in [0.1, 0.15) is 6.67 Å². The van der Waals surface area contributed by atoms with Crippen LogP contribution in [0.5, 0.6) is 0 Å². The summed E-state index contributed by atoms with van der Waals surface area (Å²) in [5.74, 6) is -0.0174. The third-order valence-electron chi connectivity index (χ3n) is 0.923. The Morgan fingerprint density at radius 3 is 1.92 bits per heavy atom. The zero-order valence-electron chi connectivity index (χ0n) is 6.94. The number of aliphatic hydroxyl groups excluding tert-OH is 1. The van der Waals surface area contributed by atoms with Gasteiger partial charge in [-0.3, -0.25) is 9.69 Å². The lowest BCUT2D eigenvalue weighted by molar-refractivity contribution is 0.161. The maximum atomic E-state index is 11.1. The monoisotopic (exact) mass is 211 g/mol. The predicted octanol–water partition coefficient (Wildman–Crippen LogP) is 1.79. The van der Waals surface area contributed by atoms with E-state index in [9.17, 15) is 4.39 Å². The summed E-state index contributed by atoms with van der Waals surface area (Å²) in [5, 5.41) is 8.16. The van der Waals surface area contributed by atoms with Crippen molar-refractivity contribution in [1.29, 1.82) is 0 Å². The summed E-state index contributed by atoms with van der Waals surface area (Å²) in [6, 6.07) is 5.72. The maximum absolute atomic E-state index is 11.1. The van der Waals surface area contributed by atoms with Crippen LogP contribution in [0.3, 0.4) is 0 Å². The Balaban J connectivity index is 0. The Labute approximate surface area is 80.7 Å². The third kappa shape index (κ3) is 11.3. The van der Waals surface area contributed by atoms with Crippen molar-refractivity contribution in [2.45, 2.75) is 6.10 Å². The van der Waals surface area contributed by atoms with Crippen molar-refractivity contribution in [3.8, 4) is 0 Å². The van der Waals surface area contributed by atoms with Crippen molar-refractivity contribution in [2.24, 2.45) is 0 Å². The average Bonchev–Trinajstić information content (AvgIpc) is 2.20. The first-order chi connectivity index (χ1) is 5.81. The van der Waals surface area contributed by atoms with Gasteiger partial charge in [0, 0.05) is 12.4 Å². The molecule has 0 aliphatic rings. The molecule has 0 saturated heterocycles. The smallest absolute Gasteiger partial charge is 0.116 e. The van der Waals surface area contributed by atoms with Crippen LogP contribution < -0.4 is 0 Å². The first-order valence-corrected chi connectivity index (χ1v) is 3.99. The number of hydrogen-bond donors (Lipinski definition) is 1. The standard InChI is InChI=1S/C5H5N.C3H6ClFO.FH/c1-2-4-6-5-3-1;4-1-3(6)2-5;/h1-5H;3,6H,1-2H2;1H/t;3-;/m.0./s1. The summed E-state index contributed by atoms with van der Waals surface area (Å²) in [7, 11) is 0. The first kappa shape index (κ1) is 14.8. The molecule has 0 aromatic carbocycles. The van der Waals surface area contributed by atoms with Gasteiger partial charge in [-0.1, -0.05) is 6.07 Å². The molecule has 0 spiro atoms. The molecule has 0 amide bonds. The van der Waals surface area contributed by atoms with E-state index < -0.39 is 12.8 Å². The number of halogens is 3. The number of rotatable bonds is 2. The molecule has 0 radical (unpaired) electrons. The van der Waals surface area contributed by atoms with E-state index in [0.29, 0.717) is 0 Å². The summed E-state index contributed by atoms with van der Waals surface area (Å²) >= 11 is 4.96. The maximum Gasteiger partial charge on any atom is 0.116 e. The van der Waals surface area contributed by atoms with Crippen LogP contribution in [0, 0.1) is 0 Å². The largest absolute Gasteiger partial charge is 0.389 e. The second-order valence-corrected chi connectivity index (χ2v) is 2.30. The van der Waals surface area contributed by atoms with E-state index in [-0.39, 0.29) is 10.6 Å². The van der Waals surface area contributed by atoms with Crippen LogP contribution in [0.25, 0.3) is 0 Å². The molecule has 0 aliphatic carbocycles. The van der Waals surface area contributed by atoms with Crippen LogP contribution in [0.2, 0.25) is 0 Å². The lowest BCUT2D eigenvalue weighted by atomic mass is 10.5. The Hall–Kier alpha value is -0.740. The molecule has 0 bridgehead atoms. The highest BCUT2D eigenvalue weighted by Gasteiger charge is 1.95. The predicted molar refractivity (Wildman–Crippen MR) is 49.4 cm³/mol. The quantitative estimate of drug-likeness (QED) is 0.757. The van der Waals surface area contributed by atoms with Gasteiger partial charge in [0.15, 0.2) is 0 Å². The summed E-state index contributed by atoms with van der Waals surface area (Å²) in [6.07, 6.45) is 2.53.